The van der Waals surface area contributed by atoms with E-state index in [-0.39, 0.29) is 17.9 Å². The van der Waals surface area contributed by atoms with E-state index in [0.717, 1.165) is 0 Å². The van der Waals surface area contributed by atoms with Crippen molar-refractivity contribution >= 4 is 33.4 Å². The second kappa shape index (κ2) is 12.1. The molecule has 0 atom stereocenters. The first-order chi connectivity index (χ1) is 17.5. The van der Waals surface area contributed by atoms with Crippen LogP contribution >= 0.6 is 11.6 Å². The van der Waals surface area contributed by atoms with Gasteiger partial charge in [0.1, 0.15) is 5.75 Å². The van der Waals surface area contributed by atoms with Gasteiger partial charge in [0.25, 0.3) is 11.8 Å². The smallest absolute Gasteiger partial charge is 0.258 e. The summed E-state index contributed by atoms with van der Waals surface area (Å²) in [6.07, 6.45) is 2.80. The van der Waals surface area contributed by atoms with Crippen LogP contribution in [0.3, 0.4) is 0 Å². The number of nitrogens with one attached hydrogen (secondary N) is 1. The van der Waals surface area contributed by atoms with E-state index >= 15 is 0 Å². The molecule has 14 heteroatoms. The van der Waals surface area contributed by atoms with Gasteiger partial charge >= 0.3 is 0 Å². The first-order valence-electron chi connectivity index (χ1n) is 10.5. The number of aromatic nitrogens is 1. The maximum Gasteiger partial charge on any atom is 0.258 e. The normalized spacial score (nSPS) is 11.3. The predicted molar refractivity (Wildman–Crippen MR) is 128 cm³/mol. The molecule has 1 heterocycles. The lowest BCUT2D eigenvalue weighted by Crippen LogP contribution is -2.44. The number of hydroxylamine groups is 1. The molecular formula is C23H21ClF2N4O6S. The summed E-state index contributed by atoms with van der Waals surface area (Å²) in [5.41, 5.74) is 1.55. The Morgan fingerprint density at radius 3 is 2.32 bits per heavy atom. The lowest BCUT2D eigenvalue weighted by molar-refractivity contribution is -0.129. The lowest BCUT2D eigenvalue weighted by atomic mass is 10.2. The number of ether oxygens (including phenoxy) is 1. The molecule has 10 nitrogen and oxygen atoms in total. The number of nitrogens with zero attached hydrogens (tertiary/aromatic N) is 3. The molecular weight excluding hydrogens is 534 g/mol. The van der Waals surface area contributed by atoms with Crippen LogP contribution in [-0.4, -0.2) is 66.3 Å². The summed E-state index contributed by atoms with van der Waals surface area (Å²) in [6.45, 7) is -1.53. The van der Waals surface area contributed by atoms with E-state index < -0.39 is 57.2 Å². The van der Waals surface area contributed by atoms with Gasteiger partial charge in [0.05, 0.1) is 17.0 Å². The van der Waals surface area contributed by atoms with Gasteiger partial charge in [-0.15, -0.1) is 0 Å². The van der Waals surface area contributed by atoms with Crippen molar-refractivity contribution < 1.29 is 36.7 Å². The van der Waals surface area contributed by atoms with Crippen molar-refractivity contribution in [3.8, 4) is 11.5 Å². The Labute approximate surface area is 216 Å². The average Bonchev–Trinajstić information content (AvgIpc) is 2.89. The zero-order chi connectivity index (χ0) is 27.2. The van der Waals surface area contributed by atoms with Gasteiger partial charge in [-0.1, -0.05) is 11.6 Å². The third-order valence-corrected chi connectivity index (χ3v) is 7.10. The van der Waals surface area contributed by atoms with Gasteiger partial charge in [0.2, 0.25) is 10.0 Å². The van der Waals surface area contributed by atoms with Crippen LogP contribution in [0.1, 0.15) is 10.4 Å². The second-order valence-corrected chi connectivity index (χ2v) is 9.99. The number of sulfonamides is 1. The van der Waals surface area contributed by atoms with Gasteiger partial charge in [-0.2, -0.15) is 4.31 Å². The summed E-state index contributed by atoms with van der Waals surface area (Å²) in [5, 5.41) is 9.25. The van der Waals surface area contributed by atoms with Gasteiger partial charge in [-0.05, 0) is 48.5 Å². The Balaban J connectivity index is 1.85. The quantitative estimate of drug-likeness (QED) is 0.291. The summed E-state index contributed by atoms with van der Waals surface area (Å²) in [4.78, 5) is 28.5. The lowest BCUT2D eigenvalue weighted by Gasteiger charge is -2.25. The fraction of sp³-hybridized carbons (Fsp3) is 0.174. The first kappa shape index (κ1) is 27.9. The zero-order valence-electron chi connectivity index (χ0n) is 19.3. The van der Waals surface area contributed by atoms with E-state index in [9.17, 15) is 26.8 Å². The summed E-state index contributed by atoms with van der Waals surface area (Å²) >= 11 is 5.77. The number of hydrogen-bond donors (Lipinski definition) is 2. The average molecular weight is 555 g/mol. The standard InChI is InChI=1S/C23H21ClF2N4O6S/c1-29(23(32)15-3-2-8-27-13-15)9-10-30(14-21(31)28-33)37(34,35)18-11-19(25)22(20(26)12-18)36-17-6-4-16(24)5-7-17/h2-8,11-13,33H,9-10,14H2,1H3,(H,28,31). The summed E-state index contributed by atoms with van der Waals surface area (Å²) in [7, 11) is -3.28. The van der Waals surface area contributed by atoms with Crippen LogP contribution in [0, 0.1) is 11.6 Å². The molecule has 0 spiro atoms. The third-order valence-electron chi connectivity index (χ3n) is 5.03. The van der Waals surface area contributed by atoms with Crippen molar-refractivity contribution in [2.75, 3.05) is 26.7 Å². The van der Waals surface area contributed by atoms with E-state index in [1.165, 1.54) is 60.2 Å². The Kier molecular flexibility index (Phi) is 9.10. The monoisotopic (exact) mass is 554 g/mol. The molecule has 0 radical (unpaired) electrons. The number of carbonyl (C=O) groups is 2. The molecule has 0 saturated heterocycles. The second-order valence-electron chi connectivity index (χ2n) is 7.61. The van der Waals surface area contributed by atoms with E-state index in [1.54, 1.807) is 6.07 Å². The number of amides is 2. The van der Waals surface area contributed by atoms with Gasteiger partial charge < -0.3 is 9.64 Å². The minimum atomic E-state index is -4.67. The molecule has 196 valence electrons. The van der Waals surface area contributed by atoms with Crippen molar-refractivity contribution in [3.63, 3.8) is 0 Å². The van der Waals surface area contributed by atoms with E-state index in [1.807, 2.05) is 0 Å². The topological polar surface area (TPSA) is 129 Å². The molecule has 0 saturated carbocycles. The number of hydrogen-bond acceptors (Lipinski definition) is 7. The highest BCUT2D eigenvalue weighted by Gasteiger charge is 2.30. The summed E-state index contributed by atoms with van der Waals surface area (Å²) < 4.78 is 61.7. The number of carbonyl (C=O) groups excluding carboxylic acids is 2. The molecule has 0 fully saturated rings. The van der Waals surface area contributed by atoms with Gasteiger partial charge in [-0.3, -0.25) is 19.8 Å². The minimum Gasteiger partial charge on any atom is -0.451 e. The maximum atomic E-state index is 14.8. The zero-order valence-corrected chi connectivity index (χ0v) is 20.8. The highest BCUT2D eigenvalue weighted by molar-refractivity contribution is 7.89. The first-order valence-corrected chi connectivity index (χ1v) is 12.4. The van der Waals surface area contributed by atoms with Gasteiger partial charge in [0, 0.05) is 37.6 Å². The molecule has 0 bridgehead atoms. The third kappa shape index (κ3) is 6.98. The molecule has 0 aliphatic heterocycles. The minimum absolute atomic E-state index is 0.0559. The Morgan fingerprint density at radius 2 is 1.76 bits per heavy atom. The van der Waals surface area contributed by atoms with Crippen LogP contribution in [0.2, 0.25) is 5.02 Å². The molecule has 2 aromatic carbocycles. The van der Waals surface area contributed by atoms with Crippen LogP contribution < -0.4 is 10.2 Å². The molecule has 0 unspecified atom stereocenters. The summed E-state index contributed by atoms with van der Waals surface area (Å²) in [5.74, 6) is -5.00. The molecule has 1 aromatic heterocycles. The number of likely N-dealkylation sites (N-methyl/N-ethyl adjacent to an activating group) is 1. The highest BCUT2D eigenvalue weighted by atomic mass is 35.5. The van der Waals surface area contributed by atoms with Crippen LogP contribution in [0.4, 0.5) is 8.78 Å². The van der Waals surface area contributed by atoms with E-state index in [0.29, 0.717) is 21.5 Å². The SMILES string of the molecule is CN(CCN(CC(=O)NO)S(=O)(=O)c1cc(F)c(Oc2ccc(Cl)cc2)c(F)c1)C(=O)c1cccnc1. The molecule has 37 heavy (non-hydrogen) atoms. The van der Waals surface area contributed by atoms with Crippen molar-refractivity contribution in [2.45, 2.75) is 4.90 Å². The Bertz CT molecular complexity index is 1350. The molecule has 0 aliphatic rings. The van der Waals surface area contributed by atoms with Crippen LogP contribution in [0.5, 0.6) is 11.5 Å². The molecule has 0 aliphatic carbocycles. The molecule has 3 rings (SSSR count). The fourth-order valence-electron chi connectivity index (χ4n) is 3.11. The Hall–Kier alpha value is -3.65. The Morgan fingerprint density at radius 1 is 1.11 bits per heavy atom. The van der Waals surface area contributed by atoms with E-state index in [4.69, 9.17) is 21.5 Å². The maximum absolute atomic E-state index is 14.8. The predicted octanol–water partition coefficient (Wildman–Crippen LogP) is 3.07. The molecule has 3 aromatic rings. The van der Waals surface area contributed by atoms with Crippen molar-refractivity contribution in [1.29, 1.82) is 0 Å². The molecule has 2 N–H and O–H groups in total. The number of pyridine rings is 1. The summed E-state index contributed by atoms with van der Waals surface area (Å²) in [6, 6.07) is 9.74. The van der Waals surface area contributed by atoms with Gasteiger partial charge in [0.15, 0.2) is 17.4 Å². The van der Waals surface area contributed by atoms with Crippen molar-refractivity contribution in [1.82, 2.24) is 19.7 Å². The fourth-order valence-corrected chi connectivity index (χ4v) is 4.64. The largest absolute Gasteiger partial charge is 0.451 e. The highest BCUT2D eigenvalue weighted by Crippen LogP contribution is 2.31. The molecule has 2 amide bonds. The number of rotatable bonds is 10. The van der Waals surface area contributed by atoms with Crippen LogP contribution in [-0.2, 0) is 14.8 Å². The van der Waals surface area contributed by atoms with Crippen molar-refractivity contribution in [3.05, 3.63) is 83.1 Å². The van der Waals surface area contributed by atoms with Gasteiger partial charge in [-0.25, -0.2) is 22.7 Å². The number of benzene rings is 2. The van der Waals surface area contributed by atoms with Crippen LogP contribution in [0.25, 0.3) is 0 Å². The van der Waals surface area contributed by atoms with Crippen molar-refractivity contribution in [2.24, 2.45) is 0 Å². The number of halogens is 3. The van der Waals surface area contributed by atoms with E-state index in [2.05, 4.69) is 4.98 Å². The van der Waals surface area contributed by atoms with Crippen LogP contribution in [0.15, 0.2) is 65.8 Å².